The molecular weight excluding hydrogens is 1400 g/mol. The smallest absolute Gasteiger partial charge is 0.456 e. The Balaban J connectivity index is 1.79. The van der Waals surface area contributed by atoms with E-state index in [1.54, 1.807) is 92.7 Å². The van der Waals surface area contributed by atoms with Crippen LogP contribution in [-0.2, 0) is 92.9 Å². The number of nitrogens with zero attached hydrogens (tertiary/aromatic N) is 2. The Hall–Kier alpha value is -7.80. The van der Waals surface area contributed by atoms with E-state index in [4.69, 9.17) is 46.3 Å². The standard InChI is InChI=1S/C68H106ClN11O21P2/c1-15-41(7)57-62(85)75-46(12)66(89)100-58(42(8)16-2)44(10)53(31-22-43(9)65(88)98-54(35-39(3)4)60(83)74-45(11)63(86)80(14)52(36-47-23-27-49(69)28-24-47)64(87)79(13)37-55(81)78-57)99-68(91)73-32-18-17-19-34-96-102(92,93)101-103(94,95)97-38-48-25-29-50(30-26-48)76-59(82)51(21-20-33-72-67(71)90)77-61(84)56(70)40(5)6/h16,22-30,39-41,44-46,51-54,56-58H,15,17-21,31-38,70H2,1-14H3,(H,73,91)(H,74,83)(H,75,85)(H,76,82)(H,77,84)(H,78,81)(H,92,93)(H,94,95)(H3,71,72,90)/b42-16+,43-22+/t41-,44+,45+,46-,51-,52-,53+,54-,56-,57+,58-/m1/s1. The Morgan fingerprint density at radius 2 is 1.41 bits per heavy atom. The number of allylic oxidation sites excluding steroid dienone is 1. The Kier molecular flexibility index (Phi) is 37.7. The lowest BCUT2D eigenvalue weighted by Gasteiger charge is -2.33. The monoisotopic (exact) mass is 1510 g/mol. The number of benzene rings is 2. The molecule has 0 saturated heterocycles. The van der Waals surface area contributed by atoms with E-state index in [1.165, 1.54) is 65.2 Å². The van der Waals surface area contributed by atoms with E-state index < -0.39 is 167 Å². The van der Waals surface area contributed by atoms with Crippen molar-refractivity contribution < 1.29 is 99.2 Å². The number of hydrogen-bond acceptors (Lipinski definition) is 20. The fourth-order valence-corrected chi connectivity index (χ4v) is 12.5. The van der Waals surface area contributed by atoms with Gasteiger partial charge in [-0.2, -0.15) is 4.31 Å². The van der Waals surface area contributed by atoms with Crippen molar-refractivity contribution in [1.82, 2.24) is 41.7 Å². The number of rotatable bonds is 29. The molecule has 32 nitrogen and oxygen atoms in total. The van der Waals surface area contributed by atoms with Gasteiger partial charge in [0, 0.05) is 62.2 Å². The highest BCUT2D eigenvalue weighted by Crippen LogP contribution is 2.60. The molecule has 0 fully saturated rings. The van der Waals surface area contributed by atoms with E-state index in [2.05, 4.69) is 41.5 Å². The van der Waals surface area contributed by atoms with Crippen molar-refractivity contribution in [2.45, 2.75) is 202 Å². The third-order valence-electron chi connectivity index (χ3n) is 16.9. The second-order valence-electron chi connectivity index (χ2n) is 26.3. The van der Waals surface area contributed by atoms with Gasteiger partial charge in [-0.25, -0.2) is 28.3 Å². The molecule has 1 aliphatic heterocycles. The highest BCUT2D eigenvalue weighted by molar-refractivity contribution is 7.61. The van der Waals surface area contributed by atoms with Crippen molar-refractivity contribution in [2.24, 2.45) is 35.1 Å². The SMILES string of the molecule is C/C=C(\C)[C@H]1OC(=O)[C@@H](C)NC(=O)[C@H]([C@H](C)CC)NC(=O)CN(C)C(=O)[C@@H](Cc2ccc(Cl)cc2)N(C)C(=O)[C@H](C)NC(=O)[C@@H](CC(C)C)OC(=O)/C(C)=C/C[C@H](OC(=O)NCCCCCOP(=O)(O)OP(=O)(O)OCc2ccc(NC(=O)[C@@H](CCCNC(N)=O)NC(=O)[C@H](N)C(C)C)cc2)[C@@H]1C. The quantitative estimate of drug-likeness (QED) is 0.0144. The number of primary amides is 1. The first kappa shape index (κ1) is 89.4. The molecule has 0 bridgehead atoms. The van der Waals surface area contributed by atoms with Crippen molar-refractivity contribution in [3.8, 4) is 0 Å². The van der Waals surface area contributed by atoms with Crippen LogP contribution in [0.3, 0.4) is 0 Å². The van der Waals surface area contributed by atoms with E-state index in [0.29, 0.717) is 22.6 Å². The summed E-state index contributed by atoms with van der Waals surface area (Å²) in [5.41, 5.74) is 12.7. The number of nitrogens with two attached hydrogens (primary N) is 2. The summed E-state index contributed by atoms with van der Waals surface area (Å²) in [6, 6.07) is 4.49. The molecule has 2 aromatic rings. The van der Waals surface area contributed by atoms with Gasteiger partial charge >= 0.3 is 39.7 Å². The van der Waals surface area contributed by atoms with E-state index >= 15 is 0 Å². The van der Waals surface area contributed by atoms with Gasteiger partial charge < -0.3 is 82.5 Å². The topological polar surface area (TPSA) is 460 Å². The number of halogens is 1. The van der Waals surface area contributed by atoms with Gasteiger partial charge in [0.25, 0.3) is 5.91 Å². The van der Waals surface area contributed by atoms with Crippen LogP contribution in [0.25, 0.3) is 0 Å². The molecule has 0 aromatic heterocycles. The fourth-order valence-electron chi connectivity index (χ4n) is 10.3. The zero-order valence-corrected chi connectivity index (χ0v) is 63.7. The maximum absolute atomic E-state index is 14.4. The number of likely N-dealkylation sites (N-methyl/N-ethyl adjacent to an activating group) is 2. The average molecular weight is 1510 g/mol. The molecule has 1 aliphatic rings. The van der Waals surface area contributed by atoms with Crippen LogP contribution in [0.5, 0.6) is 0 Å². The molecule has 13 N–H and O–H groups in total. The first-order chi connectivity index (χ1) is 48.2. The number of phosphoric ester groups is 2. The highest BCUT2D eigenvalue weighted by atomic mass is 35.5. The van der Waals surface area contributed by atoms with E-state index in [0.717, 1.165) is 9.80 Å². The van der Waals surface area contributed by atoms with E-state index in [1.807, 2.05) is 0 Å². The number of phosphoric acid groups is 2. The Labute approximate surface area is 607 Å². The molecule has 0 radical (unpaired) electrons. The summed E-state index contributed by atoms with van der Waals surface area (Å²) in [4.78, 5) is 172. The van der Waals surface area contributed by atoms with Crippen molar-refractivity contribution in [3.63, 3.8) is 0 Å². The first-order valence-electron chi connectivity index (χ1n) is 34.2. The molecule has 0 saturated carbocycles. The summed E-state index contributed by atoms with van der Waals surface area (Å²) in [7, 11) is -7.71. The lowest BCUT2D eigenvalue weighted by molar-refractivity contribution is -0.155. The Bertz CT molecular complexity index is 3380. The van der Waals surface area contributed by atoms with Gasteiger partial charge in [-0.05, 0) is 132 Å². The molecule has 103 heavy (non-hydrogen) atoms. The molecule has 2 unspecified atom stereocenters. The van der Waals surface area contributed by atoms with Gasteiger partial charge in [0.1, 0.15) is 42.4 Å². The number of anilines is 1. The van der Waals surface area contributed by atoms with Crippen molar-refractivity contribution in [2.75, 3.05) is 45.7 Å². The summed E-state index contributed by atoms with van der Waals surface area (Å²) < 4.78 is 57.8. The summed E-state index contributed by atoms with van der Waals surface area (Å²) in [6.45, 7) is 18.2. The molecule has 1 heterocycles. The minimum absolute atomic E-state index is 0.0202. The number of amides is 10. The van der Waals surface area contributed by atoms with Crippen molar-refractivity contribution in [3.05, 3.63) is 88.0 Å². The second kappa shape index (κ2) is 43.5. The molecule has 576 valence electrons. The predicted octanol–water partition coefficient (Wildman–Crippen LogP) is 6.10. The van der Waals surface area contributed by atoms with Crippen LogP contribution < -0.4 is 48.7 Å². The maximum atomic E-state index is 14.4. The van der Waals surface area contributed by atoms with Gasteiger partial charge in [0.2, 0.25) is 35.4 Å². The van der Waals surface area contributed by atoms with Crippen LogP contribution >= 0.6 is 27.2 Å². The highest BCUT2D eigenvalue weighted by Gasteiger charge is 2.39. The van der Waals surface area contributed by atoms with Gasteiger partial charge in [-0.15, -0.1) is 0 Å². The van der Waals surface area contributed by atoms with Crippen LogP contribution in [-0.4, -0.2) is 180 Å². The van der Waals surface area contributed by atoms with Gasteiger partial charge in [0.15, 0.2) is 6.10 Å². The summed E-state index contributed by atoms with van der Waals surface area (Å²) in [6.07, 6.45) is -0.457. The lowest BCUT2D eigenvalue weighted by atomic mass is 9.90. The van der Waals surface area contributed by atoms with Crippen LogP contribution in [0.4, 0.5) is 15.3 Å². The van der Waals surface area contributed by atoms with Gasteiger partial charge in [0.05, 0.1) is 25.8 Å². The minimum Gasteiger partial charge on any atom is -0.456 e. The fraction of sp³-hybridized carbons (Fsp3) is 0.603. The number of carbonyl (C=O) groups is 11. The molecule has 0 aliphatic carbocycles. The van der Waals surface area contributed by atoms with Crippen LogP contribution in [0.2, 0.25) is 5.02 Å². The minimum atomic E-state index is -5.24. The molecule has 2 aromatic carbocycles. The van der Waals surface area contributed by atoms with E-state index in [9.17, 15) is 71.7 Å². The zero-order valence-electron chi connectivity index (χ0n) is 61.2. The summed E-state index contributed by atoms with van der Waals surface area (Å²) in [5, 5.41) is 18.7. The normalized spacial score (nSPS) is 23.2. The predicted molar refractivity (Wildman–Crippen MR) is 382 cm³/mol. The average Bonchev–Trinajstić information content (AvgIpc) is 0.825. The zero-order chi connectivity index (χ0) is 77.6. The second-order valence-corrected chi connectivity index (χ2v) is 29.8. The largest absolute Gasteiger partial charge is 0.481 e. The van der Waals surface area contributed by atoms with Crippen molar-refractivity contribution in [1.29, 1.82) is 0 Å². The number of unbranched alkanes of at least 4 members (excludes halogenated alkanes) is 2. The third kappa shape index (κ3) is 31.6. The number of urea groups is 1. The molecule has 0 spiro atoms. The molecule has 3 rings (SSSR count). The van der Waals surface area contributed by atoms with E-state index in [-0.39, 0.29) is 93.1 Å². The number of carbonyl (C=O) groups excluding carboxylic acids is 11. The lowest BCUT2D eigenvalue weighted by Crippen LogP contribution is -2.57. The van der Waals surface area contributed by atoms with Crippen molar-refractivity contribution >= 4 is 98.3 Å². The molecule has 35 heteroatoms. The molecular formula is C68H106ClN11O21P2. The number of alkyl carbamates (subject to hydrolysis) is 1. The van der Waals surface area contributed by atoms with Crippen LogP contribution in [0.1, 0.15) is 146 Å². The Morgan fingerprint density at radius 3 is 2.01 bits per heavy atom. The van der Waals surface area contributed by atoms with Gasteiger partial charge in [-0.1, -0.05) is 103 Å². The number of hydrogen-bond donors (Lipinski definition) is 11. The maximum Gasteiger partial charge on any atom is 0.481 e. The Morgan fingerprint density at radius 1 is 0.796 bits per heavy atom. The first-order valence-corrected chi connectivity index (χ1v) is 37.5. The van der Waals surface area contributed by atoms with Gasteiger partial charge in [-0.3, -0.25) is 42.6 Å². The van der Waals surface area contributed by atoms with Crippen LogP contribution in [0, 0.1) is 23.7 Å². The van der Waals surface area contributed by atoms with Crippen LogP contribution in [0.15, 0.2) is 71.8 Å². The third-order valence-corrected chi connectivity index (χ3v) is 19.8. The molecule has 10 amide bonds. The number of nitrogens with one attached hydrogen (secondary N) is 7. The summed E-state index contributed by atoms with van der Waals surface area (Å²) in [5.74, 6) is -8.50. The summed E-state index contributed by atoms with van der Waals surface area (Å²) >= 11 is 6.17. The molecule has 13 atom stereocenters. The number of ether oxygens (including phenoxy) is 3. The number of cyclic esters (lactones) is 2. The number of esters is 2.